The quantitative estimate of drug-likeness (QED) is 0.720. The second kappa shape index (κ2) is 8.16. The molecule has 2 saturated heterocycles. The number of anilines is 1. The maximum Gasteiger partial charge on any atom is 0.294 e. The van der Waals surface area contributed by atoms with E-state index in [1.807, 2.05) is 30.3 Å². The molecule has 2 aromatic rings. The van der Waals surface area contributed by atoms with Gasteiger partial charge in [0, 0.05) is 37.9 Å². The maximum atomic E-state index is 12.7. The van der Waals surface area contributed by atoms with Crippen LogP contribution in [-0.4, -0.2) is 59.6 Å². The normalized spacial score (nSPS) is 18.8. The highest BCUT2D eigenvalue weighted by molar-refractivity contribution is 8.18. The van der Waals surface area contributed by atoms with Crippen LogP contribution < -0.4 is 4.90 Å². The molecule has 2 aliphatic rings. The van der Waals surface area contributed by atoms with E-state index in [9.17, 15) is 14.4 Å². The van der Waals surface area contributed by atoms with Gasteiger partial charge in [-0.25, -0.2) is 0 Å². The Balaban J connectivity index is 1.35. The summed E-state index contributed by atoms with van der Waals surface area (Å²) in [6.07, 6.45) is 1.54. The Morgan fingerprint density at radius 3 is 2.45 bits per heavy atom. The van der Waals surface area contributed by atoms with Crippen molar-refractivity contribution in [1.29, 1.82) is 0 Å². The van der Waals surface area contributed by atoms with Crippen molar-refractivity contribution < 1.29 is 18.8 Å². The van der Waals surface area contributed by atoms with Crippen molar-refractivity contribution >= 4 is 40.6 Å². The number of thioether (sulfide) groups is 1. The molecule has 0 N–H and O–H groups in total. The molecule has 0 saturated carbocycles. The van der Waals surface area contributed by atoms with Gasteiger partial charge < -0.3 is 14.2 Å². The SMILES string of the molecule is Cc1ccc(/C=C2\SC(=O)N(CC(=O)N3CCN(c4ccccc4)CC3)C2=O)o1. The van der Waals surface area contributed by atoms with Crippen LogP contribution in [0.1, 0.15) is 11.5 Å². The van der Waals surface area contributed by atoms with Gasteiger partial charge in [-0.15, -0.1) is 0 Å². The zero-order valence-electron chi connectivity index (χ0n) is 16.0. The summed E-state index contributed by atoms with van der Waals surface area (Å²) >= 11 is 0.832. The van der Waals surface area contributed by atoms with Crippen LogP contribution in [-0.2, 0) is 9.59 Å². The zero-order chi connectivity index (χ0) is 20.4. The summed E-state index contributed by atoms with van der Waals surface area (Å²) < 4.78 is 5.44. The molecule has 3 amide bonds. The van der Waals surface area contributed by atoms with Crippen LogP contribution >= 0.6 is 11.8 Å². The fourth-order valence-electron chi connectivity index (χ4n) is 3.38. The molecule has 0 unspecified atom stereocenters. The molecule has 29 heavy (non-hydrogen) atoms. The maximum absolute atomic E-state index is 12.7. The predicted octanol–water partition coefficient (Wildman–Crippen LogP) is 2.97. The number of amides is 3. The molecule has 2 fully saturated rings. The van der Waals surface area contributed by atoms with Gasteiger partial charge >= 0.3 is 0 Å². The molecule has 1 aromatic heterocycles. The van der Waals surface area contributed by atoms with E-state index in [0.29, 0.717) is 18.8 Å². The van der Waals surface area contributed by atoms with Crippen LogP contribution in [0, 0.1) is 6.92 Å². The zero-order valence-corrected chi connectivity index (χ0v) is 16.9. The van der Waals surface area contributed by atoms with Crippen LogP contribution in [0.3, 0.4) is 0 Å². The van der Waals surface area contributed by atoms with Crippen LogP contribution in [0.5, 0.6) is 0 Å². The van der Waals surface area contributed by atoms with Crippen LogP contribution in [0.15, 0.2) is 51.8 Å². The average molecular weight is 411 g/mol. The minimum Gasteiger partial charge on any atom is -0.462 e. The highest BCUT2D eigenvalue weighted by Crippen LogP contribution is 2.32. The van der Waals surface area contributed by atoms with E-state index in [1.165, 1.54) is 0 Å². The summed E-state index contributed by atoms with van der Waals surface area (Å²) in [5.74, 6) is 0.567. The summed E-state index contributed by atoms with van der Waals surface area (Å²) in [4.78, 5) is 42.7. The van der Waals surface area contributed by atoms with Gasteiger partial charge in [0.1, 0.15) is 18.1 Å². The lowest BCUT2D eigenvalue weighted by Gasteiger charge is -2.36. The van der Waals surface area contributed by atoms with Gasteiger partial charge in [-0.05, 0) is 43.0 Å². The molecule has 3 heterocycles. The second-order valence-electron chi connectivity index (χ2n) is 6.92. The standard InChI is InChI=1S/C21H21N3O4S/c1-15-7-8-17(28-15)13-18-20(26)24(21(27)29-18)14-19(25)23-11-9-22(10-12-23)16-5-3-2-4-6-16/h2-8,13H,9-12,14H2,1H3/b18-13-. The molecule has 150 valence electrons. The molecule has 2 aliphatic heterocycles. The third kappa shape index (κ3) is 4.22. The van der Waals surface area contributed by atoms with Crippen molar-refractivity contribution in [2.24, 2.45) is 0 Å². The van der Waals surface area contributed by atoms with E-state index < -0.39 is 11.1 Å². The molecule has 0 bridgehead atoms. The topological polar surface area (TPSA) is 74.1 Å². The third-order valence-electron chi connectivity index (χ3n) is 4.96. The number of furan rings is 1. The molecule has 0 spiro atoms. The average Bonchev–Trinajstić information content (AvgIpc) is 3.26. The lowest BCUT2D eigenvalue weighted by molar-refractivity contribution is -0.136. The van der Waals surface area contributed by atoms with Crippen LogP contribution in [0.25, 0.3) is 6.08 Å². The number of aryl methyl sites for hydroxylation is 1. The smallest absolute Gasteiger partial charge is 0.294 e. The largest absolute Gasteiger partial charge is 0.462 e. The van der Waals surface area contributed by atoms with Gasteiger partial charge in [-0.1, -0.05) is 18.2 Å². The minimum absolute atomic E-state index is 0.213. The number of benzene rings is 1. The summed E-state index contributed by atoms with van der Waals surface area (Å²) in [6.45, 7) is 4.13. The number of para-hydroxylation sites is 1. The first kappa shape index (κ1) is 19.3. The Bertz CT molecular complexity index is 961. The Morgan fingerprint density at radius 1 is 1.07 bits per heavy atom. The first-order valence-corrected chi connectivity index (χ1v) is 10.2. The lowest BCUT2D eigenvalue weighted by atomic mass is 10.2. The Labute approximate surface area is 172 Å². The van der Waals surface area contributed by atoms with Crippen LogP contribution in [0.4, 0.5) is 10.5 Å². The van der Waals surface area contributed by atoms with Crippen molar-refractivity contribution in [3.05, 3.63) is 58.9 Å². The Morgan fingerprint density at radius 2 is 1.79 bits per heavy atom. The summed E-state index contributed by atoms with van der Waals surface area (Å²) in [7, 11) is 0. The lowest BCUT2D eigenvalue weighted by Crippen LogP contribution is -2.51. The number of carbonyl (C=O) groups excluding carboxylic acids is 3. The van der Waals surface area contributed by atoms with Gasteiger partial charge in [0.05, 0.1) is 4.91 Å². The van der Waals surface area contributed by atoms with Gasteiger partial charge in [-0.3, -0.25) is 19.3 Å². The van der Waals surface area contributed by atoms with Gasteiger partial charge in [0.2, 0.25) is 5.91 Å². The summed E-state index contributed by atoms with van der Waals surface area (Å²) in [6, 6.07) is 13.6. The minimum atomic E-state index is -0.453. The number of piperazine rings is 1. The number of carbonyl (C=O) groups is 3. The van der Waals surface area contributed by atoms with E-state index in [-0.39, 0.29) is 17.4 Å². The molecule has 8 heteroatoms. The van der Waals surface area contributed by atoms with E-state index >= 15 is 0 Å². The fraction of sp³-hybridized carbons (Fsp3) is 0.286. The highest BCUT2D eigenvalue weighted by Gasteiger charge is 2.37. The van der Waals surface area contributed by atoms with Gasteiger partial charge in [0.25, 0.3) is 11.1 Å². The van der Waals surface area contributed by atoms with Crippen molar-refractivity contribution in [3.8, 4) is 0 Å². The summed E-state index contributed by atoms with van der Waals surface area (Å²) in [5, 5.41) is -0.430. The monoisotopic (exact) mass is 411 g/mol. The van der Waals surface area contributed by atoms with Gasteiger partial charge in [0.15, 0.2) is 0 Å². The number of hydrogen-bond donors (Lipinski definition) is 0. The number of nitrogens with zero attached hydrogens (tertiary/aromatic N) is 3. The highest BCUT2D eigenvalue weighted by atomic mass is 32.2. The fourth-order valence-corrected chi connectivity index (χ4v) is 4.20. The third-order valence-corrected chi connectivity index (χ3v) is 5.86. The number of hydrogen-bond acceptors (Lipinski definition) is 6. The molecule has 4 rings (SSSR count). The van der Waals surface area contributed by atoms with Crippen molar-refractivity contribution in [2.75, 3.05) is 37.6 Å². The van der Waals surface area contributed by atoms with E-state index in [0.717, 1.165) is 41.2 Å². The van der Waals surface area contributed by atoms with Crippen molar-refractivity contribution in [2.45, 2.75) is 6.92 Å². The van der Waals surface area contributed by atoms with E-state index in [1.54, 1.807) is 30.0 Å². The first-order chi connectivity index (χ1) is 14.0. The van der Waals surface area contributed by atoms with Crippen molar-refractivity contribution in [1.82, 2.24) is 9.80 Å². The predicted molar refractivity (Wildman–Crippen MR) is 111 cm³/mol. The molecular weight excluding hydrogens is 390 g/mol. The second-order valence-corrected chi connectivity index (χ2v) is 7.91. The number of rotatable bonds is 4. The molecule has 0 atom stereocenters. The Hall–Kier alpha value is -3.00. The van der Waals surface area contributed by atoms with Crippen LogP contribution in [0.2, 0.25) is 0 Å². The number of imide groups is 1. The molecular formula is C21H21N3O4S. The van der Waals surface area contributed by atoms with E-state index in [4.69, 9.17) is 4.42 Å². The van der Waals surface area contributed by atoms with Gasteiger partial charge in [-0.2, -0.15) is 0 Å². The molecule has 7 nitrogen and oxygen atoms in total. The molecule has 0 aliphatic carbocycles. The van der Waals surface area contributed by atoms with E-state index in [2.05, 4.69) is 4.90 Å². The summed E-state index contributed by atoms with van der Waals surface area (Å²) in [5.41, 5.74) is 1.13. The first-order valence-electron chi connectivity index (χ1n) is 9.41. The molecule has 1 aromatic carbocycles. The molecule has 0 radical (unpaired) electrons. The Kier molecular flexibility index (Phi) is 5.44. The van der Waals surface area contributed by atoms with Crippen molar-refractivity contribution in [3.63, 3.8) is 0 Å².